The predicted octanol–water partition coefficient (Wildman–Crippen LogP) is 3.71. The smallest absolute Gasteiger partial charge is 0.262 e. The van der Waals surface area contributed by atoms with Gasteiger partial charge in [0.15, 0.2) is 6.61 Å². The normalized spacial score (nSPS) is 10.0. The molecule has 0 heterocycles. The summed E-state index contributed by atoms with van der Waals surface area (Å²) in [5.74, 6) is -0.157. The molecule has 6 nitrogen and oxygen atoms in total. The Morgan fingerprint density at radius 1 is 1.19 bits per heavy atom. The molecular formula is C20H20ClN3O3. The molecule has 1 N–H and O–H groups in total. The molecule has 7 heteroatoms. The van der Waals surface area contributed by atoms with Crippen LogP contribution in [0.3, 0.4) is 0 Å². The summed E-state index contributed by atoms with van der Waals surface area (Å²) in [6, 6.07) is 13.3. The first-order chi connectivity index (χ1) is 13.0. The van der Waals surface area contributed by atoms with Gasteiger partial charge in [0.25, 0.3) is 11.8 Å². The van der Waals surface area contributed by atoms with Crippen LogP contribution in [0.5, 0.6) is 5.75 Å². The van der Waals surface area contributed by atoms with Crippen molar-refractivity contribution in [2.24, 2.45) is 0 Å². The molecule has 0 radical (unpaired) electrons. The molecule has 2 rings (SSSR count). The molecule has 0 atom stereocenters. The molecule has 0 aliphatic carbocycles. The van der Waals surface area contributed by atoms with E-state index in [9.17, 15) is 9.59 Å². The Morgan fingerprint density at radius 3 is 2.56 bits per heavy atom. The molecule has 0 aliphatic heterocycles. The van der Waals surface area contributed by atoms with E-state index >= 15 is 0 Å². The number of hydrogen-bond donors (Lipinski definition) is 1. The topological polar surface area (TPSA) is 82.4 Å². The van der Waals surface area contributed by atoms with Crippen LogP contribution in [0.25, 0.3) is 0 Å². The maximum atomic E-state index is 12.4. The standard InChI is InChI=1S/C20H20ClN3O3/c1-3-24(4-2)20(26)15-6-5-7-16(11-15)23-19(25)13-27-18-9-8-14(12-22)10-17(18)21/h5-11H,3-4,13H2,1-2H3,(H,23,25). The summed E-state index contributed by atoms with van der Waals surface area (Å²) < 4.78 is 5.39. The van der Waals surface area contributed by atoms with Crippen LogP contribution in [0, 0.1) is 11.3 Å². The minimum Gasteiger partial charge on any atom is -0.482 e. The molecule has 0 fully saturated rings. The van der Waals surface area contributed by atoms with Gasteiger partial charge in [0.2, 0.25) is 0 Å². The predicted molar refractivity (Wildman–Crippen MR) is 104 cm³/mol. The van der Waals surface area contributed by atoms with Gasteiger partial charge in [-0.1, -0.05) is 17.7 Å². The lowest BCUT2D eigenvalue weighted by Crippen LogP contribution is -2.30. The zero-order valence-corrected chi connectivity index (χ0v) is 15.9. The monoisotopic (exact) mass is 385 g/mol. The summed E-state index contributed by atoms with van der Waals surface area (Å²) in [7, 11) is 0. The minimum atomic E-state index is -0.386. The van der Waals surface area contributed by atoms with E-state index in [1.54, 1.807) is 35.2 Å². The molecule has 0 spiro atoms. The molecule has 2 aromatic rings. The van der Waals surface area contributed by atoms with Crippen molar-refractivity contribution in [1.82, 2.24) is 4.90 Å². The molecule has 0 unspecified atom stereocenters. The Labute approximate surface area is 163 Å². The number of nitriles is 1. The Hall–Kier alpha value is -3.04. The first kappa shape index (κ1) is 20.3. The highest BCUT2D eigenvalue weighted by Crippen LogP contribution is 2.25. The van der Waals surface area contributed by atoms with Gasteiger partial charge in [-0.2, -0.15) is 5.26 Å². The molecule has 0 saturated heterocycles. The maximum absolute atomic E-state index is 12.4. The molecule has 2 aromatic carbocycles. The van der Waals surface area contributed by atoms with Crippen LogP contribution in [0.4, 0.5) is 5.69 Å². The summed E-state index contributed by atoms with van der Waals surface area (Å²) in [5, 5.41) is 11.8. The van der Waals surface area contributed by atoms with Gasteiger partial charge in [-0.3, -0.25) is 9.59 Å². The van der Waals surface area contributed by atoms with Crippen molar-refractivity contribution in [3.63, 3.8) is 0 Å². The third-order valence-electron chi connectivity index (χ3n) is 3.86. The summed E-state index contributed by atoms with van der Waals surface area (Å²) in [6.07, 6.45) is 0. The van der Waals surface area contributed by atoms with Crippen LogP contribution in [0.1, 0.15) is 29.8 Å². The van der Waals surface area contributed by atoms with Gasteiger partial charge >= 0.3 is 0 Å². The molecular weight excluding hydrogens is 366 g/mol. The second kappa shape index (κ2) is 9.60. The number of benzene rings is 2. The lowest BCUT2D eigenvalue weighted by molar-refractivity contribution is -0.118. The third-order valence-corrected chi connectivity index (χ3v) is 4.16. The zero-order valence-electron chi connectivity index (χ0n) is 15.2. The van der Waals surface area contributed by atoms with E-state index in [-0.39, 0.29) is 23.4 Å². The molecule has 0 aromatic heterocycles. The highest BCUT2D eigenvalue weighted by Gasteiger charge is 2.13. The summed E-state index contributed by atoms with van der Waals surface area (Å²) >= 11 is 6.01. The Morgan fingerprint density at radius 2 is 1.93 bits per heavy atom. The number of rotatable bonds is 7. The summed E-state index contributed by atoms with van der Waals surface area (Å²) in [5.41, 5.74) is 1.42. The van der Waals surface area contributed by atoms with Crippen molar-refractivity contribution < 1.29 is 14.3 Å². The number of carbonyl (C=O) groups is 2. The van der Waals surface area contributed by atoms with Crippen LogP contribution >= 0.6 is 11.6 Å². The number of hydrogen-bond acceptors (Lipinski definition) is 4. The van der Waals surface area contributed by atoms with E-state index in [4.69, 9.17) is 21.6 Å². The third kappa shape index (κ3) is 5.47. The first-order valence-electron chi connectivity index (χ1n) is 8.50. The first-order valence-corrected chi connectivity index (χ1v) is 8.87. The van der Waals surface area contributed by atoms with Crippen molar-refractivity contribution in [3.8, 4) is 11.8 Å². The van der Waals surface area contributed by atoms with E-state index < -0.39 is 0 Å². The number of amides is 2. The molecule has 0 saturated carbocycles. The fraction of sp³-hybridized carbons (Fsp3) is 0.250. The van der Waals surface area contributed by atoms with Gasteiger partial charge in [-0.25, -0.2) is 0 Å². The second-order valence-electron chi connectivity index (χ2n) is 5.65. The van der Waals surface area contributed by atoms with Gasteiger partial charge in [0.1, 0.15) is 5.75 Å². The van der Waals surface area contributed by atoms with Gasteiger partial charge in [0, 0.05) is 24.3 Å². The van der Waals surface area contributed by atoms with Crippen molar-refractivity contribution in [2.75, 3.05) is 25.0 Å². The lowest BCUT2D eigenvalue weighted by atomic mass is 10.1. The Bertz CT molecular complexity index is 873. The van der Waals surface area contributed by atoms with E-state index in [0.717, 1.165) is 0 Å². The van der Waals surface area contributed by atoms with Crippen LogP contribution in [0.15, 0.2) is 42.5 Å². The zero-order chi connectivity index (χ0) is 19.8. The van der Waals surface area contributed by atoms with E-state index in [2.05, 4.69) is 5.32 Å². The van der Waals surface area contributed by atoms with Crippen molar-refractivity contribution in [2.45, 2.75) is 13.8 Å². The summed E-state index contributed by atoms with van der Waals surface area (Å²) in [4.78, 5) is 26.2. The quantitative estimate of drug-likeness (QED) is 0.787. The largest absolute Gasteiger partial charge is 0.482 e. The van der Waals surface area contributed by atoms with Crippen LogP contribution < -0.4 is 10.1 Å². The SMILES string of the molecule is CCN(CC)C(=O)c1cccc(NC(=O)COc2ccc(C#N)cc2Cl)c1. The van der Waals surface area contributed by atoms with Crippen LogP contribution in [-0.2, 0) is 4.79 Å². The molecule has 0 aliphatic rings. The summed E-state index contributed by atoms with van der Waals surface area (Å²) in [6.45, 7) is 4.81. The number of anilines is 1. The van der Waals surface area contributed by atoms with E-state index in [1.807, 2.05) is 19.9 Å². The number of nitrogens with one attached hydrogen (secondary N) is 1. The van der Waals surface area contributed by atoms with Crippen molar-refractivity contribution >= 4 is 29.1 Å². The van der Waals surface area contributed by atoms with Crippen molar-refractivity contribution in [1.29, 1.82) is 5.26 Å². The molecule has 2 amide bonds. The van der Waals surface area contributed by atoms with Gasteiger partial charge in [-0.05, 0) is 50.2 Å². The van der Waals surface area contributed by atoms with E-state index in [0.29, 0.717) is 35.7 Å². The maximum Gasteiger partial charge on any atom is 0.262 e. The number of ether oxygens (including phenoxy) is 1. The van der Waals surface area contributed by atoms with Crippen LogP contribution in [0.2, 0.25) is 5.02 Å². The van der Waals surface area contributed by atoms with Crippen LogP contribution in [-0.4, -0.2) is 36.4 Å². The fourth-order valence-corrected chi connectivity index (χ4v) is 2.69. The average Bonchev–Trinajstić information content (AvgIpc) is 2.68. The van der Waals surface area contributed by atoms with Gasteiger partial charge in [0.05, 0.1) is 16.7 Å². The van der Waals surface area contributed by atoms with Gasteiger partial charge < -0.3 is 15.0 Å². The number of nitrogens with zero attached hydrogens (tertiary/aromatic N) is 2. The second-order valence-corrected chi connectivity index (χ2v) is 6.06. The minimum absolute atomic E-state index is 0.0864. The van der Waals surface area contributed by atoms with E-state index in [1.165, 1.54) is 12.1 Å². The fourth-order valence-electron chi connectivity index (χ4n) is 2.45. The molecule has 140 valence electrons. The highest BCUT2D eigenvalue weighted by atomic mass is 35.5. The van der Waals surface area contributed by atoms with Crippen molar-refractivity contribution in [3.05, 3.63) is 58.6 Å². The Kier molecular flexibility index (Phi) is 7.21. The molecule has 0 bridgehead atoms. The number of halogens is 1. The lowest BCUT2D eigenvalue weighted by Gasteiger charge is -2.19. The average molecular weight is 386 g/mol. The molecule has 27 heavy (non-hydrogen) atoms. The number of carbonyl (C=O) groups excluding carboxylic acids is 2. The Balaban J connectivity index is 1.99. The van der Waals surface area contributed by atoms with Gasteiger partial charge in [-0.15, -0.1) is 0 Å². The highest BCUT2D eigenvalue weighted by molar-refractivity contribution is 6.32.